The third-order valence-corrected chi connectivity index (χ3v) is 1.20. The molecule has 0 aromatic carbocycles. The van der Waals surface area contributed by atoms with Crippen molar-refractivity contribution in [3.8, 4) is 0 Å². The maximum absolute atomic E-state index is 9.82. The Labute approximate surface area is 73.6 Å². The number of hydrogen-bond acceptors (Lipinski definition) is 6. The first-order valence-electron chi connectivity index (χ1n) is 3.54. The summed E-state index contributed by atoms with van der Waals surface area (Å²) in [4.78, 5) is 27.9. The summed E-state index contributed by atoms with van der Waals surface area (Å²) >= 11 is 0. The summed E-state index contributed by atoms with van der Waals surface area (Å²) in [6.07, 6.45) is -1.35. The average Bonchev–Trinajstić information content (AvgIpc) is 1.80. The van der Waals surface area contributed by atoms with E-state index in [9.17, 15) is 20.2 Å². The van der Waals surface area contributed by atoms with Gasteiger partial charge in [0, 0.05) is 0 Å². The predicted octanol–water partition coefficient (Wildman–Crippen LogP) is 0.570. The van der Waals surface area contributed by atoms with Crippen molar-refractivity contribution >= 4 is 0 Å². The van der Waals surface area contributed by atoms with Crippen molar-refractivity contribution in [1.82, 2.24) is 0 Å². The van der Waals surface area contributed by atoms with Crippen molar-refractivity contribution in [3.63, 3.8) is 0 Å². The highest BCUT2D eigenvalue weighted by molar-refractivity contribution is 4.54. The van der Waals surface area contributed by atoms with Gasteiger partial charge >= 0.3 is 0 Å². The summed E-state index contributed by atoms with van der Waals surface area (Å²) in [5.41, 5.74) is 0. The molecule has 0 rings (SSSR count). The normalized spacial score (nSPS) is 14.3. The standard InChI is InChI=1S/C5H10N2O6/c1-4(12-6(8)9)3-5(2)13-7(10)11/h4-5H,3H2,1-2H3/t4-,5-/m1/s1. The summed E-state index contributed by atoms with van der Waals surface area (Å²) in [6.45, 7) is 2.87. The Bertz CT molecular complexity index is 175. The van der Waals surface area contributed by atoms with Crippen molar-refractivity contribution in [3.05, 3.63) is 20.2 Å². The van der Waals surface area contributed by atoms with Crippen LogP contribution in [-0.4, -0.2) is 22.4 Å². The fourth-order valence-electron chi connectivity index (χ4n) is 0.847. The SMILES string of the molecule is C[C@H](C[C@@H](C)O[N+](=O)[O-])O[N+](=O)[O-]. The van der Waals surface area contributed by atoms with E-state index in [-0.39, 0.29) is 6.42 Å². The Morgan fingerprint density at radius 1 is 1.08 bits per heavy atom. The maximum atomic E-state index is 9.82. The van der Waals surface area contributed by atoms with E-state index in [1.165, 1.54) is 13.8 Å². The van der Waals surface area contributed by atoms with E-state index in [2.05, 4.69) is 9.68 Å². The van der Waals surface area contributed by atoms with Gasteiger partial charge in [0.2, 0.25) is 0 Å². The Kier molecular flexibility index (Phi) is 4.49. The van der Waals surface area contributed by atoms with Crippen LogP contribution in [-0.2, 0) is 9.68 Å². The smallest absolute Gasteiger partial charge is 0.294 e. The Morgan fingerprint density at radius 2 is 1.38 bits per heavy atom. The monoisotopic (exact) mass is 194 g/mol. The molecule has 0 heterocycles. The molecule has 2 atom stereocenters. The van der Waals surface area contributed by atoms with Gasteiger partial charge in [0.25, 0.3) is 10.2 Å². The number of hydrogen-bond donors (Lipinski definition) is 0. The van der Waals surface area contributed by atoms with E-state index in [4.69, 9.17) is 0 Å². The minimum atomic E-state index is -0.941. The van der Waals surface area contributed by atoms with Crippen LogP contribution in [0, 0.1) is 20.2 Å². The van der Waals surface area contributed by atoms with E-state index in [0.29, 0.717) is 0 Å². The quantitative estimate of drug-likeness (QED) is 0.452. The minimum Gasteiger partial charge on any atom is -0.311 e. The van der Waals surface area contributed by atoms with Gasteiger partial charge in [0.1, 0.15) is 12.2 Å². The van der Waals surface area contributed by atoms with E-state index < -0.39 is 22.4 Å². The van der Waals surface area contributed by atoms with Gasteiger partial charge in [-0.15, -0.1) is 20.2 Å². The molecular weight excluding hydrogens is 184 g/mol. The molecule has 0 amide bonds. The summed E-state index contributed by atoms with van der Waals surface area (Å²) in [5, 5.41) is 17.8. The second-order valence-corrected chi connectivity index (χ2v) is 2.51. The topological polar surface area (TPSA) is 105 Å². The van der Waals surface area contributed by atoms with E-state index >= 15 is 0 Å². The molecule has 0 spiro atoms. The van der Waals surface area contributed by atoms with Crippen molar-refractivity contribution < 1.29 is 19.8 Å². The van der Waals surface area contributed by atoms with Gasteiger partial charge in [-0.25, -0.2) is 0 Å². The highest BCUT2D eigenvalue weighted by atomic mass is 17.0. The first kappa shape index (κ1) is 11.4. The molecule has 0 saturated carbocycles. The van der Waals surface area contributed by atoms with Crippen molar-refractivity contribution in [2.24, 2.45) is 0 Å². The van der Waals surface area contributed by atoms with Gasteiger partial charge in [-0.2, -0.15) is 0 Å². The molecule has 0 aliphatic heterocycles. The summed E-state index contributed by atoms with van der Waals surface area (Å²) < 4.78 is 0. The molecular formula is C5H10N2O6. The Morgan fingerprint density at radius 3 is 1.62 bits per heavy atom. The molecule has 0 fully saturated rings. The molecule has 0 saturated heterocycles. The number of rotatable bonds is 6. The fraction of sp³-hybridized carbons (Fsp3) is 1.00. The van der Waals surface area contributed by atoms with Gasteiger partial charge in [-0.05, 0) is 20.3 Å². The molecule has 0 unspecified atom stereocenters. The van der Waals surface area contributed by atoms with Gasteiger partial charge in [0.05, 0.1) is 0 Å². The lowest BCUT2D eigenvalue weighted by Gasteiger charge is -2.13. The molecule has 8 nitrogen and oxygen atoms in total. The van der Waals surface area contributed by atoms with Crippen LogP contribution in [0.3, 0.4) is 0 Å². The van der Waals surface area contributed by atoms with Gasteiger partial charge in [-0.3, -0.25) is 0 Å². The molecule has 0 aliphatic rings. The lowest BCUT2D eigenvalue weighted by Crippen LogP contribution is -2.22. The third kappa shape index (κ3) is 6.78. The second kappa shape index (κ2) is 5.12. The lowest BCUT2D eigenvalue weighted by molar-refractivity contribution is -0.778. The van der Waals surface area contributed by atoms with Crippen LogP contribution < -0.4 is 0 Å². The van der Waals surface area contributed by atoms with E-state index in [1.807, 2.05) is 0 Å². The highest BCUT2D eigenvalue weighted by Crippen LogP contribution is 2.05. The third-order valence-electron chi connectivity index (χ3n) is 1.20. The zero-order valence-corrected chi connectivity index (χ0v) is 7.21. The van der Waals surface area contributed by atoms with Crippen LogP contribution in [0.4, 0.5) is 0 Å². The summed E-state index contributed by atoms with van der Waals surface area (Å²) in [7, 11) is 0. The molecule has 0 bridgehead atoms. The minimum absolute atomic E-state index is 0.0853. The number of nitrogens with zero attached hydrogens (tertiary/aromatic N) is 2. The van der Waals surface area contributed by atoms with E-state index in [0.717, 1.165) is 0 Å². The summed E-state index contributed by atoms with van der Waals surface area (Å²) in [5.74, 6) is 0. The molecule has 0 N–H and O–H groups in total. The maximum Gasteiger partial charge on any atom is 0.294 e. The molecule has 0 aromatic rings. The van der Waals surface area contributed by atoms with Crippen LogP contribution in [0.5, 0.6) is 0 Å². The zero-order chi connectivity index (χ0) is 10.4. The molecule has 8 heteroatoms. The second-order valence-electron chi connectivity index (χ2n) is 2.51. The zero-order valence-electron chi connectivity index (χ0n) is 7.21. The van der Waals surface area contributed by atoms with Crippen molar-refractivity contribution in [2.45, 2.75) is 32.5 Å². The largest absolute Gasteiger partial charge is 0.311 e. The molecule has 13 heavy (non-hydrogen) atoms. The van der Waals surface area contributed by atoms with Crippen LogP contribution in [0.1, 0.15) is 20.3 Å². The molecule has 0 radical (unpaired) electrons. The van der Waals surface area contributed by atoms with Crippen molar-refractivity contribution in [1.29, 1.82) is 0 Å². The predicted molar refractivity (Wildman–Crippen MR) is 39.7 cm³/mol. The van der Waals surface area contributed by atoms with Crippen LogP contribution in [0.2, 0.25) is 0 Å². The van der Waals surface area contributed by atoms with Gasteiger partial charge in [0.15, 0.2) is 0 Å². The first-order chi connectivity index (χ1) is 5.91. The lowest BCUT2D eigenvalue weighted by atomic mass is 10.2. The fourth-order valence-corrected chi connectivity index (χ4v) is 0.847. The highest BCUT2D eigenvalue weighted by Gasteiger charge is 2.14. The Balaban J connectivity index is 3.70. The Hall–Kier alpha value is -1.60. The van der Waals surface area contributed by atoms with Crippen LogP contribution in [0.15, 0.2) is 0 Å². The van der Waals surface area contributed by atoms with Crippen molar-refractivity contribution in [2.75, 3.05) is 0 Å². The first-order valence-corrected chi connectivity index (χ1v) is 3.54. The van der Waals surface area contributed by atoms with Crippen LogP contribution >= 0.6 is 0 Å². The molecule has 0 aliphatic carbocycles. The van der Waals surface area contributed by atoms with E-state index in [1.54, 1.807) is 0 Å². The van der Waals surface area contributed by atoms with Crippen LogP contribution in [0.25, 0.3) is 0 Å². The average molecular weight is 194 g/mol. The molecule has 76 valence electrons. The van der Waals surface area contributed by atoms with Gasteiger partial charge in [-0.1, -0.05) is 0 Å². The summed E-state index contributed by atoms with van der Waals surface area (Å²) in [6, 6.07) is 0. The van der Waals surface area contributed by atoms with Gasteiger partial charge < -0.3 is 9.68 Å². The molecule has 0 aromatic heterocycles.